The van der Waals surface area contributed by atoms with Crippen molar-refractivity contribution in [1.82, 2.24) is 0 Å². The lowest BCUT2D eigenvalue weighted by molar-refractivity contribution is -0.111. The van der Waals surface area contributed by atoms with Crippen LogP contribution in [0.15, 0.2) is 36.4 Å². The summed E-state index contributed by atoms with van der Waals surface area (Å²) in [6.07, 6.45) is 30.3. The van der Waals surface area contributed by atoms with Crippen molar-refractivity contribution < 1.29 is 4.79 Å². The SMILES string of the molecule is CCCCCCCCC=CC(=O)Nc1ccc(CCCCCCCCCCCCCC)cc1. The minimum atomic E-state index is -0.0188. The average Bonchev–Trinajstić information content (AvgIpc) is 2.82. The number of hydrogen-bond acceptors (Lipinski definition) is 1. The Morgan fingerprint density at radius 1 is 0.636 bits per heavy atom. The summed E-state index contributed by atoms with van der Waals surface area (Å²) in [6.45, 7) is 4.53. The van der Waals surface area contributed by atoms with Gasteiger partial charge in [-0.25, -0.2) is 0 Å². The minimum Gasteiger partial charge on any atom is -0.323 e. The van der Waals surface area contributed by atoms with E-state index in [0.717, 1.165) is 18.5 Å². The van der Waals surface area contributed by atoms with Crippen LogP contribution in [0.2, 0.25) is 0 Å². The molecule has 0 spiro atoms. The summed E-state index contributed by atoms with van der Waals surface area (Å²) in [4.78, 5) is 12.1. The zero-order valence-corrected chi connectivity index (χ0v) is 22.0. The number of rotatable bonds is 22. The van der Waals surface area contributed by atoms with Crippen LogP contribution in [0.1, 0.15) is 141 Å². The number of amides is 1. The number of carbonyl (C=O) groups is 1. The van der Waals surface area contributed by atoms with Gasteiger partial charge < -0.3 is 5.32 Å². The van der Waals surface area contributed by atoms with E-state index in [9.17, 15) is 4.79 Å². The number of anilines is 1. The summed E-state index contributed by atoms with van der Waals surface area (Å²) in [5.41, 5.74) is 2.27. The number of carbonyl (C=O) groups excluding carboxylic acids is 1. The summed E-state index contributed by atoms with van der Waals surface area (Å²) in [5.74, 6) is -0.0188. The molecule has 0 radical (unpaired) electrons. The van der Waals surface area contributed by atoms with Crippen molar-refractivity contribution in [3.8, 4) is 0 Å². The Balaban J connectivity index is 2.02. The first-order chi connectivity index (χ1) is 16.3. The number of nitrogens with one attached hydrogen (secondary N) is 1. The summed E-state index contributed by atoms with van der Waals surface area (Å²) in [5, 5.41) is 2.98. The van der Waals surface area contributed by atoms with Crippen LogP contribution in [0.4, 0.5) is 5.69 Å². The third-order valence-corrected chi connectivity index (χ3v) is 6.53. The van der Waals surface area contributed by atoms with Crippen molar-refractivity contribution in [2.24, 2.45) is 0 Å². The van der Waals surface area contributed by atoms with Crippen molar-refractivity contribution in [2.75, 3.05) is 5.32 Å². The molecular formula is C31H53NO. The van der Waals surface area contributed by atoms with Gasteiger partial charge >= 0.3 is 0 Å². The predicted octanol–water partition coefficient (Wildman–Crippen LogP) is 10.2. The van der Waals surface area contributed by atoms with Gasteiger partial charge in [-0.15, -0.1) is 0 Å². The van der Waals surface area contributed by atoms with Crippen molar-refractivity contribution in [3.05, 3.63) is 42.0 Å². The quantitative estimate of drug-likeness (QED) is 0.137. The molecule has 2 nitrogen and oxygen atoms in total. The molecule has 0 bridgehead atoms. The maximum absolute atomic E-state index is 12.1. The van der Waals surface area contributed by atoms with Crippen LogP contribution in [0.5, 0.6) is 0 Å². The molecule has 0 saturated carbocycles. The number of unbranched alkanes of at least 4 members (excludes halogenated alkanes) is 17. The number of hydrogen-bond donors (Lipinski definition) is 1. The monoisotopic (exact) mass is 455 g/mol. The van der Waals surface area contributed by atoms with E-state index in [1.165, 1.54) is 121 Å². The maximum atomic E-state index is 12.1. The molecule has 1 aromatic carbocycles. The first-order valence-corrected chi connectivity index (χ1v) is 14.3. The molecule has 33 heavy (non-hydrogen) atoms. The van der Waals surface area contributed by atoms with Gasteiger partial charge in [0.1, 0.15) is 0 Å². The van der Waals surface area contributed by atoms with E-state index in [1.807, 2.05) is 18.2 Å². The number of benzene rings is 1. The lowest BCUT2D eigenvalue weighted by Crippen LogP contribution is -2.07. The lowest BCUT2D eigenvalue weighted by Gasteiger charge is -2.06. The highest BCUT2D eigenvalue weighted by molar-refractivity contribution is 5.99. The smallest absolute Gasteiger partial charge is 0.248 e. The highest BCUT2D eigenvalue weighted by Gasteiger charge is 2.00. The van der Waals surface area contributed by atoms with Gasteiger partial charge in [0.05, 0.1) is 0 Å². The van der Waals surface area contributed by atoms with Crippen LogP contribution in [0.3, 0.4) is 0 Å². The topological polar surface area (TPSA) is 29.1 Å². The molecule has 2 heteroatoms. The molecule has 0 heterocycles. The second kappa shape index (κ2) is 22.2. The molecule has 0 saturated heterocycles. The fourth-order valence-corrected chi connectivity index (χ4v) is 4.34. The van der Waals surface area contributed by atoms with Crippen molar-refractivity contribution in [2.45, 2.75) is 142 Å². The molecule has 188 valence electrons. The molecular weight excluding hydrogens is 402 g/mol. The van der Waals surface area contributed by atoms with Crippen molar-refractivity contribution >= 4 is 11.6 Å². The Morgan fingerprint density at radius 3 is 1.61 bits per heavy atom. The fourth-order valence-electron chi connectivity index (χ4n) is 4.34. The van der Waals surface area contributed by atoms with Gasteiger partial charge in [-0.05, 0) is 49.5 Å². The van der Waals surface area contributed by atoms with Crippen LogP contribution in [0, 0.1) is 0 Å². The summed E-state index contributed by atoms with van der Waals surface area (Å²) < 4.78 is 0. The minimum absolute atomic E-state index is 0.0188. The highest BCUT2D eigenvalue weighted by Crippen LogP contribution is 2.15. The molecule has 0 aliphatic heterocycles. The van der Waals surface area contributed by atoms with Crippen LogP contribution < -0.4 is 5.32 Å². The molecule has 1 rings (SSSR count). The van der Waals surface area contributed by atoms with Gasteiger partial charge in [-0.2, -0.15) is 0 Å². The molecule has 0 aromatic heterocycles. The molecule has 1 N–H and O–H groups in total. The third kappa shape index (κ3) is 18.5. The summed E-state index contributed by atoms with van der Waals surface area (Å²) in [7, 11) is 0. The van der Waals surface area contributed by atoms with Gasteiger partial charge in [-0.3, -0.25) is 4.79 Å². The first-order valence-electron chi connectivity index (χ1n) is 14.3. The maximum Gasteiger partial charge on any atom is 0.248 e. The second-order valence-corrected chi connectivity index (χ2v) is 9.78. The van der Waals surface area contributed by atoms with Crippen LogP contribution in [-0.4, -0.2) is 5.91 Å². The predicted molar refractivity (Wildman–Crippen MR) is 147 cm³/mol. The van der Waals surface area contributed by atoms with Gasteiger partial charge in [0, 0.05) is 5.69 Å². The Labute approximate surface area is 206 Å². The van der Waals surface area contributed by atoms with E-state index in [1.54, 1.807) is 6.08 Å². The standard InChI is InChI=1S/C31H53NO/c1-3-5-7-9-11-13-14-15-16-17-19-21-23-29-25-27-30(28-26-29)32-31(33)24-22-20-18-12-10-8-6-4-2/h22,24-28H,3-21,23H2,1-2H3,(H,32,33). The zero-order valence-electron chi connectivity index (χ0n) is 22.0. The molecule has 1 amide bonds. The van der Waals surface area contributed by atoms with Crippen LogP contribution >= 0.6 is 0 Å². The van der Waals surface area contributed by atoms with E-state index in [4.69, 9.17) is 0 Å². The van der Waals surface area contributed by atoms with E-state index < -0.39 is 0 Å². The molecule has 1 aromatic rings. The highest BCUT2D eigenvalue weighted by atomic mass is 16.1. The van der Waals surface area contributed by atoms with E-state index in [0.29, 0.717) is 0 Å². The second-order valence-electron chi connectivity index (χ2n) is 9.78. The molecule has 0 fully saturated rings. The Hall–Kier alpha value is -1.57. The summed E-state index contributed by atoms with van der Waals surface area (Å²) >= 11 is 0. The summed E-state index contributed by atoms with van der Waals surface area (Å²) in [6, 6.07) is 8.40. The fraction of sp³-hybridized carbons (Fsp3) is 0.710. The third-order valence-electron chi connectivity index (χ3n) is 6.53. The van der Waals surface area contributed by atoms with E-state index in [2.05, 4.69) is 31.3 Å². The molecule has 0 aliphatic carbocycles. The van der Waals surface area contributed by atoms with Gasteiger partial charge in [0.15, 0.2) is 0 Å². The van der Waals surface area contributed by atoms with Crippen LogP contribution in [0.25, 0.3) is 0 Å². The Bertz CT molecular complexity index is 589. The average molecular weight is 456 g/mol. The first kappa shape index (κ1) is 29.5. The number of allylic oxidation sites excluding steroid dienone is 1. The molecule has 0 aliphatic rings. The van der Waals surface area contributed by atoms with Gasteiger partial charge in [0.25, 0.3) is 0 Å². The van der Waals surface area contributed by atoms with Crippen molar-refractivity contribution in [3.63, 3.8) is 0 Å². The Kier molecular flexibility index (Phi) is 19.8. The van der Waals surface area contributed by atoms with Crippen molar-refractivity contribution in [1.29, 1.82) is 0 Å². The Morgan fingerprint density at radius 2 is 1.09 bits per heavy atom. The largest absolute Gasteiger partial charge is 0.323 e. The van der Waals surface area contributed by atoms with E-state index in [-0.39, 0.29) is 5.91 Å². The normalized spacial score (nSPS) is 11.3. The molecule has 0 atom stereocenters. The van der Waals surface area contributed by atoms with Gasteiger partial charge in [0.2, 0.25) is 5.91 Å². The lowest BCUT2D eigenvalue weighted by atomic mass is 10.0. The van der Waals surface area contributed by atoms with E-state index >= 15 is 0 Å². The molecule has 0 unspecified atom stereocenters. The van der Waals surface area contributed by atoms with Crippen LogP contribution in [-0.2, 0) is 11.2 Å². The zero-order chi connectivity index (χ0) is 23.8. The number of aryl methyl sites for hydroxylation is 1. The van der Waals surface area contributed by atoms with Gasteiger partial charge in [-0.1, -0.05) is 135 Å².